The summed E-state index contributed by atoms with van der Waals surface area (Å²) in [7, 11) is -3.52. The van der Waals surface area contributed by atoms with Gasteiger partial charge >= 0.3 is 0 Å². The quantitative estimate of drug-likeness (QED) is 0.778. The van der Waals surface area contributed by atoms with E-state index in [0.717, 1.165) is 11.1 Å². The van der Waals surface area contributed by atoms with Gasteiger partial charge in [-0.25, -0.2) is 22.8 Å². The lowest BCUT2D eigenvalue weighted by Gasteiger charge is -2.07. The lowest BCUT2D eigenvalue weighted by atomic mass is 10.2. The third-order valence-electron chi connectivity index (χ3n) is 3.35. The van der Waals surface area contributed by atoms with Gasteiger partial charge in [0.1, 0.15) is 0 Å². The second kappa shape index (κ2) is 6.31. The normalized spacial score (nSPS) is 11.5. The van der Waals surface area contributed by atoms with E-state index >= 15 is 0 Å². The Kier molecular flexibility index (Phi) is 4.22. The lowest BCUT2D eigenvalue weighted by molar-refractivity contribution is 0.581. The molecule has 0 unspecified atom stereocenters. The van der Waals surface area contributed by atoms with Crippen LogP contribution in [-0.2, 0) is 16.6 Å². The Morgan fingerprint density at radius 3 is 2.52 bits per heavy atom. The van der Waals surface area contributed by atoms with Crippen molar-refractivity contribution in [2.75, 3.05) is 0 Å². The van der Waals surface area contributed by atoms with Gasteiger partial charge in [0.2, 0.25) is 10.0 Å². The first-order valence-electron chi connectivity index (χ1n) is 7.06. The second-order valence-corrected chi connectivity index (χ2v) is 6.88. The molecular formula is C16H16N4O2S. The summed E-state index contributed by atoms with van der Waals surface area (Å²) in [5, 5.41) is 4.09. The standard InChI is InChI=1S/C16H16N4O2S/c1-13-3-6-15(7-4-13)23(21,22)19-12-14-5-8-16(17-11-14)20-10-2-9-18-20/h2-11,19H,12H2,1H3. The number of hydrogen-bond acceptors (Lipinski definition) is 4. The summed E-state index contributed by atoms with van der Waals surface area (Å²) in [5.74, 6) is 0.681. The van der Waals surface area contributed by atoms with E-state index in [1.54, 1.807) is 53.6 Å². The molecule has 0 amide bonds. The van der Waals surface area contributed by atoms with E-state index < -0.39 is 10.0 Å². The number of nitrogens with one attached hydrogen (secondary N) is 1. The SMILES string of the molecule is Cc1ccc(S(=O)(=O)NCc2ccc(-n3cccn3)nc2)cc1. The molecule has 2 heterocycles. The fourth-order valence-electron chi connectivity index (χ4n) is 2.04. The fourth-order valence-corrected chi connectivity index (χ4v) is 3.06. The van der Waals surface area contributed by atoms with Crippen molar-refractivity contribution < 1.29 is 8.42 Å². The van der Waals surface area contributed by atoms with Crippen LogP contribution in [0.5, 0.6) is 0 Å². The van der Waals surface area contributed by atoms with Gasteiger partial charge in [0.15, 0.2) is 5.82 Å². The molecule has 2 aromatic heterocycles. The highest BCUT2D eigenvalue weighted by Crippen LogP contribution is 2.11. The number of rotatable bonds is 5. The van der Waals surface area contributed by atoms with Crippen LogP contribution in [0.25, 0.3) is 5.82 Å². The molecule has 7 heteroatoms. The minimum Gasteiger partial charge on any atom is -0.237 e. The molecule has 0 aliphatic heterocycles. The number of aromatic nitrogens is 3. The monoisotopic (exact) mass is 328 g/mol. The smallest absolute Gasteiger partial charge is 0.237 e. The van der Waals surface area contributed by atoms with Crippen molar-refractivity contribution in [3.8, 4) is 5.82 Å². The number of benzene rings is 1. The largest absolute Gasteiger partial charge is 0.240 e. The third-order valence-corrected chi connectivity index (χ3v) is 4.76. The van der Waals surface area contributed by atoms with Crippen LogP contribution < -0.4 is 4.72 Å². The molecule has 0 spiro atoms. The number of pyridine rings is 1. The van der Waals surface area contributed by atoms with E-state index in [4.69, 9.17) is 0 Å². The predicted molar refractivity (Wildman–Crippen MR) is 86.6 cm³/mol. The summed E-state index contributed by atoms with van der Waals surface area (Å²) in [4.78, 5) is 4.53. The van der Waals surface area contributed by atoms with Crippen molar-refractivity contribution >= 4 is 10.0 Å². The molecule has 3 rings (SSSR count). The first-order chi connectivity index (χ1) is 11.0. The predicted octanol–water partition coefficient (Wildman–Crippen LogP) is 2.05. The van der Waals surface area contributed by atoms with E-state index in [0.29, 0.717) is 5.82 Å². The van der Waals surface area contributed by atoms with Crippen LogP contribution in [0.4, 0.5) is 0 Å². The zero-order valence-electron chi connectivity index (χ0n) is 12.5. The number of hydrogen-bond donors (Lipinski definition) is 1. The van der Waals surface area contributed by atoms with Gasteiger partial charge in [0, 0.05) is 25.1 Å². The molecule has 1 aromatic carbocycles. The van der Waals surface area contributed by atoms with E-state index in [-0.39, 0.29) is 11.4 Å². The summed E-state index contributed by atoms with van der Waals surface area (Å²) in [5.41, 5.74) is 1.79. The minimum absolute atomic E-state index is 0.183. The van der Waals surface area contributed by atoms with Crippen LogP contribution in [-0.4, -0.2) is 23.2 Å². The van der Waals surface area contributed by atoms with Crippen molar-refractivity contribution in [2.24, 2.45) is 0 Å². The molecule has 3 aromatic rings. The molecule has 0 atom stereocenters. The summed E-state index contributed by atoms with van der Waals surface area (Å²) >= 11 is 0. The first kappa shape index (κ1) is 15.4. The molecule has 0 fully saturated rings. The Morgan fingerprint density at radius 1 is 1.13 bits per heavy atom. The fraction of sp³-hybridized carbons (Fsp3) is 0.125. The summed E-state index contributed by atoms with van der Waals surface area (Å²) in [6.45, 7) is 2.10. The Labute approximate surface area is 134 Å². The molecule has 0 aliphatic rings. The van der Waals surface area contributed by atoms with Gasteiger partial charge < -0.3 is 0 Å². The average Bonchev–Trinajstić information content (AvgIpc) is 3.08. The van der Waals surface area contributed by atoms with Crippen molar-refractivity contribution in [2.45, 2.75) is 18.4 Å². The van der Waals surface area contributed by atoms with Crippen LogP contribution in [0, 0.1) is 6.92 Å². The van der Waals surface area contributed by atoms with Crippen LogP contribution >= 0.6 is 0 Å². The molecule has 23 heavy (non-hydrogen) atoms. The maximum absolute atomic E-state index is 12.2. The van der Waals surface area contributed by atoms with Gasteiger partial charge in [-0.2, -0.15) is 5.10 Å². The topological polar surface area (TPSA) is 76.9 Å². The zero-order chi connectivity index (χ0) is 16.3. The Bertz CT molecular complexity index is 871. The number of nitrogens with zero attached hydrogens (tertiary/aromatic N) is 3. The molecule has 118 valence electrons. The lowest BCUT2D eigenvalue weighted by Crippen LogP contribution is -2.23. The van der Waals surface area contributed by atoms with Gasteiger partial charge in [-0.05, 0) is 36.8 Å². The maximum atomic E-state index is 12.2. The molecule has 6 nitrogen and oxygen atoms in total. The number of aryl methyl sites for hydroxylation is 1. The molecule has 1 N–H and O–H groups in total. The van der Waals surface area contributed by atoms with E-state index in [9.17, 15) is 8.42 Å². The Morgan fingerprint density at radius 2 is 1.91 bits per heavy atom. The maximum Gasteiger partial charge on any atom is 0.240 e. The van der Waals surface area contributed by atoms with Crippen molar-refractivity contribution in [1.29, 1.82) is 0 Å². The van der Waals surface area contributed by atoms with E-state index in [2.05, 4.69) is 14.8 Å². The van der Waals surface area contributed by atoms with Gasteiger partial charge in [-0.1, -0.05) is 23.8 Å². The third kappa shape index (κ3) is 3.64. The Hall–Kier alpha value is -2.51. The molecule has 0 saturated heterocycles. The minimum atomic E-state index is -3.52. The van der Waals surface area contributed by atoms with Crippen molar-refractivity contribution in [3.63, 3.8) is 0 Å². The van der Waals surface area contributed by atoms with Crippen molar-refractivity contribution in [3.05, 3.63) is 72.2 Å². The van der Waals surface area contributed by atoms with Gasteiger partial charge in [0.05, 0.1) is 4.90 Å². The first-order valence-corrected chi connectivity index (χ1v) is 8.54. The summed E-state index contributed by atoms with van der Waals surface area (Å²) in [6, 6.07) is 12.2. The highest BCUT2D eigenvalue weighted by molar-refractivity contribution is 7.89. The van der Waals surface area contributed by atoms with Crippen LogP contribution in [0.3, 0.4) is 0 Å². The molecule has 0 bridgehead atoms. The van der Waals surface area contributed by atoms with Crippen molar-refractivity contribution in [1.82, 2.24) is 19.5 Å². The van der Waals surface area contributed by atoms with Gasteiger partial charge in [0.25, 0.3) is 0 Å². The van der Waals surface area contributed by atoms with Crippen LogP contribution in [0.15, 0.2) is 66.0 Å². The summed E-state index contributed by atoms with van der Waals surface area (Å²) < 4.78 is 28.7. The number of sulfonamides is 1. The molecular weight excluding hydrogens is 312 g/mol. The average molecular weight is 328 g/mol. The highest BCUT2D eigenvalue weighted by Gasteiger charge is 2.13. The van der Waals surface area contributed by atoms with Crippen LogP contribution in [0.2, 0.25) is 0 Å². The second-order valence-electron chi connectivity index (χ2n) is 5.11. The van der Waals surface area contributed by atoms with Gasteiger partial charge in [-0.3, -0.25) is 0 Å². The zero-order valence-corrected chi connectivity index (χ0v) is 13.4. The van der Waals surface area contributed by atoms with Gasteiger partial charge in [-0.15, -0.1) is 0 Å². The van der Waals surface area contributed by atoms with E-state index in [1.165, 1.54) is 0 Å². The highest BCUT2D eigenvalue weighted by atomic mass is 32.2. The molecule has 0 radical (unpaired) electrons. The molecule has 0 aliphatic carbocycles. The van der Waals surface area contributed by atoms with E-state index in [1.807, 2.05) is 19.1 Å². The van der Waals surface area contributed by atoms with Crippen LogP contribution in [0.1, 0.15) is 11.1 Å². The summed E-state index contributed by atoms with van der Waals surface area (Å²) in [6.07, 6.45) is 5.10. The Balaban J connectivity index is 1.69. The molecule has 0 saturated carbocycles.